The lowest BCUT2D eigenvalue weighted by Gasteiger charge is -2.14. The molecular weight excluding hydrogens is 304 g/mol. The van der Waals surface area contributed by atoms with Crippen LogP contribution in [0.2, 0.25) is 0 Å². The van der Waals surface area contributed by atoms with Gasteiger partial charge in [-0.05, 0) is 26.8 Å². The van der Waals surface area contributed by atoms with Crippen LogP contribution in [-0.4, -0.2) is 32.9 Å². The number of hydrogen-bond donors (Lipinski definition) is 2. The Hall–Kier alpha value is -1.45. The van der Waals surface area contributed by atoms with Crippen molar-refractivity contribution in [1.29, 1.82) is 0 Å². The Morgan fingerprint density at radius 1 is 1.45 bits per heavy atom. The van der Waals surface area contributed by atoms with E-state index >= 15 is 0 Å². The van der Waals surface area contributed by atoms with E-state index in [2.05, 4.69) is 5.32 Å². The van der Waals surface area contributed by atoms with Crippen LogP contribution in [0.3, 0.4) is 0 Å². The number of carboxylic acids is 1. The molecule has 1 rings (SSSR count). The summed E-state index contributed by atoms with van der Waals surface area (Å²) in [6, 6.07) is -0.123. The van der Waals surface area contributed by atoms with Crippen LogP contribution in [0.5, 0.6) is 0 Å². The minimum Gasteiger partial charge on any atom is -0.548 e. The van der Waals surface area contributed by atoms with Gasteiger partial charge in [-0.15, -0.1) is 11.3 Å². The minimum atomic E-state index is -4.00. The first-order valence-electron chi connectivity index (χ1n) is 5.80. The number of hydrogen-bond acceptors (Lipinski definition) is 6. The molecule has 0 aromatic carbocycles. The van der Waals surface area contributed by atoms with Crippen molar-refractivity contribution in [3.8, 4) is 0 Å². The van der Waals surface area contributed by atoms with Gasteiger partial charge in [-0.25, -0.2) is 13.1 Å². The number of aliphatic carboxylic acids is 1. The van der Waals surface area contributed by atoms with Crippen molar-refractivity contribution in [1.82, 2.24) is 10.0 Å². The van der Waals surface area contributed by atoms with Gasteiger partial charge in [-0.3, -0.25) is 4.79 Å². The molecule has 0 bridgehead atoms. The summed E-state index contributed by atoms with van der Waals surface area (Å²) >= 11 is 1.03. The van der Waals surface area contributed by atoms with Crippen LogP contribution in [0.25, 0.3) is 0 Å². The zero-order chi connectivity index (χ0) is 15.5. The van der Waals surface area contributed by atoms with Crippen molar-refractivity contribution < 1.29 is 23.1 Å². The average molecular weight is 319 g/mol. The van der Waals surface area contributed by atoms with E-state index in [-0.39, 0.29) is 15.7 Å². The number of thiophene rings is 1. The van der Waals surface area contributed by atoms with Crippen molar-refractivity contribution >= 4 is 33.2 Å². The van der Waals surface area contributed by atoms with Gasteiger partial charge in [0.1, 0.15) is 0 Å². The maximum absolute atomic E-state index is 12.0. The quantitative estimate of drug-likeness (QED) is 0.714. The summed E-state index contributed by atoms with van der Waals surface area (Å²) in [4.78, 5) is 22.8. The van der Waals surface area contributed by atoms with Gasteiger partial charge >= 0.3 is 0 Å². The molecule has 0 radical (unpaired) electrons. The lowest BCUT2D eigenvalue weighted by Crippen LogP contribution is -2.45. The Morgan fingerprint density at radius 3 is 2.55 bits per heavy atom. The molecule has 9 heteroatoms. The van der Waals surface area contributed by atoms with E-state index in [1.807, 2.05) is 4.72 Å². The predicted octanol–water partition coefficient (Wildman–Crippen LogP) is -0.777. The van der Waals surface area contributed by atoms with Crippen LogP contribution in [0.4, 0.5) is 0 Å². The van der Waals surface area contributed by atoms with Crippen molar-refractivity contribution in [2.75, 3.05) is 6.54 Å². The molecule has 1 aromatic rings. The number of sulfonamides is 1. The Kier molecular flexibility index (Phi) is 5.26. The predicted molar refractivity (Wildman–Crippen MR) is 71.9 cm³/mol. The van der Waals surface area contributed by atoms with E-state index < -0.39 is 22.0 Å². The molecule has 7 nitrogen and oxygen atoms in total. The number of carbonyl (C=O) groups excluding carboxylic acids is 2. The number of carboxylic acid groups (broad SMARTS) is 1. The smallest absolute Gasteiger partial charge is 0.261 e. The SMILES string of the molecule is CCNC(=O)c1cc(S(=O)(=O)N[C@H](C)C(=O)[O-])c(C)s1. The van der Waals surface area contributed by atoms with Gasteiger partial charge in [0.15, 0.2) is 0 Å². The van der Waals surface area contributed by atoms with E-state index in [9.17, 15) is 23.1 Å². The summed E-state index contributed by atoms with van der Waals surface area (Å²) in [6.45, 7) is 4.89. The van der Waals surface area contributed by atoms with Crippen LogP contribution in [0.15, 0.2) is 11.0 Å². The molecule has 0 spiro atoms. The molecule has 0 saturated heterocycles. The van der Waals surface area contributed by atoms with Gasteiger partial charge < -0.3 is 15.2 Å². The Morgan fingerprint density at radius 2 is 2.05 bits per heavy atom. The fourth-order valence-electron chi connectivity index (χ4n) is 1.44. The van der Waals surface area contributed by atoms with E-state index in [1.54, 1.807) is 13.8 Å². The van der Waals surface area contributed by atoms with Crippen LogP contribution in [-0.2, 0) is 14.8 Å². The zero-order valence-electron chi connectivity index (χ0n) is 11.2. The standard InChI is InChI=1S/C11H16N2O5S2/c1-4-12-10(14)8-5-9(7(3)19-8)20(17,18)13-6(2)11(15)16/h5-6,13H,4H2,1-3H3,(H,12,14)(H,15,16)/p-1/t6-/m1/s1. The average Bonchev–Trinajstić information content (AvgIpc) is 2.71. The summed E-state index contributed by atoms with van der Waals surface area (Å²) in [5, 5.41) is 13.2. The Balaban J connectivity index is 3.07. The number of rotatable bonds is 6. The molecule has 112 valence electrons. The number of nitrogens with one attached hydrogen (secondary N) is 2. The molecule has 1 atom stereocenters. The maximum atomic E-state index is 12.0. The van der Waals surface area contributed by atoms with Gasteiger partial charge in [0, 0.05) is 11.4 Å². The molecule has 0 saturated carbocycles. The minimum absolute atomic E-state index is 0.100. The fourth-order valence-corrected chi connectivity index (χ4v) is 4.14. The number of amides is 1. The zero-order valence-corrected chi connectivity index (χ0v) is 12.9. The molecule has 0 aliphatic heterocycles. The second-order valence-electron chi connectivity index (χ2n) is 4.05. The van der Waals surface area contributed by atoms with Crippen LogP contribution >= 0.6 is 11.3 Å². The molecule has 0 aliphatic rings. The van der Waals surface area contributed by atoms with Crippen molar-refractivity contribution in [2.24, 2.45) is 0 Å². The normalized spacial score (nSPS) is 12.9. The second kappa shape index (κ2) is 6.33. The highest BCUT2D eigenvalue weighted by Crippen LogP contribution is 2.25. The highest BCUT2D eigenvalue weighted by Gasteiger charge is 2.24. The number of aryl methyl sites for hydroxylation is 1. The highest BCUT2D eigenvalue weighted by atomic mass is 32.2. The van der Waals surface area contributed by atoms with Gasteiger partial charge in [-0.2, -0.15) is 0 Å². The summed E-state index contributed by atoms with van der Waals surface area (Å²) in [7, 11) is -4.00. The molecule has 0 unspecified atom stereocenters. The third kappa shape index (κ3) is 3.78. The lowest BCUT2D eigenvalue weighted by atomic mass is 10.4. The summed E-state index contributed by atoms with van der Waals surface area (Å²) in [6.07, 6.45) is 0. The summed E-state index contributed by atoms with van der Waals surface area (Å²) in [5.41, 5.74) is 0. The van der Waals surface area contributed by atoms with Crippen LogP contribution in [0, 0.1) is 6.92 Å². The van der Waals surface area contributed by atoms with Gasteiger partial charge in [-0.1, -0.05) is 0 Å². The van der Waals surface area contributed by atoms with Gasteiger partial charge in [0.2, 0.25) is 10.0 Å². The highest BCUT2D eigenvalue weighted by molar-refractivity contribution is 7.89. The second-order valence-corrected chi connectivity index (χ2v) is 6.99. The molecule has 0 fully saturated rings. The van der Waals surface area contributed by atoms with E-state index in [0.717, 1.165) is 11.3 Å². The first kappa shape index (κ1) is 16.6. The van der Waals surface area contributed by atoms with Crippen LogP contribution < -0.4 is 15.1 Å². The van der Waals surface area contributed by atoms with Gasteiger partial charge in [0.05, 0.1) is 21.8 Å². The summed E-state index contributed by atoms with van der Waals surface area (Å²) in [5.74, 6) is -1.89. The molecular formula is C11H15N2O5S2-. The third-order valence-electron chi connectivity index (χ3n) is 2.41. The first-order chi connectivity index (χ1) is 9.19. The topological polar surface area (TPSA) is 115 Å². The molecule has 20 heavy (non-hydrogen) atoms. The van der Waals surface area contributed by atoms with Crippen molar-refractivity contribution in [2.45, 2.75) is 31.7 Å². The van der Waals surface area contributed by atoms with Crippen molar-refractivity contribution in [3.63, 3.8) is 0 Å². The third-order valence-corrected chi connectivity index (χ3v) is 5.25. The monoisotopic (exact) mass is 319 g/mol. The maximum Gasteiger partial charge on any atom is 0.261 e. The van der Waals surface area contributed by atoms with E-state index in [4.69, 9.17) is 0 Å². The molecule has 0 aliphatic carbocycles. The molecule has 2 N–H and O–H groups in total. The van der Waals surface area contributed by atoms with E-state index in [0.29, 0.717) is 11.4 Å². The number of carbonyl (C=O) groups is 2. The Bertz CT molecular complexity index is 621. The first-order valence-corrected chi connectivity index (χ1v) is 8.10. The van der Waals surface area contributed by atoms with E-state index in [1.165, 1.54) is 13.0 Å². The summed E-state index contributed by atoms with van der Waals surface area (Å²) < 4.78 is 26.1. The lowest BCUT2D eigenvalue weighted by molar-refractivity contribution is -0.307. The Labute approximate surface area is 121 Å². The van der Waals surface area contributed by atoms with Crippen LogP contribution in [0.1, 0.15) is 28.4 Å². The van der Waals surface area contributed by atoms with Crippen molar-refractivity contribution in [3.05, 3.63) is 15.8 Å². The molecule has 1 amide bonds. The molecule has 1 aromatic heterocycles. The largest absolute Gasteiger partial charge is 0.548 e. The fraction of sp³-hybridized carbons (Fsp3) is 0.455. The molecule has 1 heterocycles. The van der Waals surface area contributed by atoms with Gasteiger partial charge in [0.25, 0.3) is 5.91 Å².